The number of carbonyl (C=O) groups excluding carboxylic acids is 2. The molecule has 5 heterocycles. The van der Waals surface area contributed by atoms with Crippen LogP contribution >= 0.6 is 11.8 Å². The largest absolute Gasteiger partial charge is 0.369 e. The minimum atomic E-state index is -0.348. The van der Waals surface area contributed by atoms with Crippen LogP contribution < -0.4 is 16.0 Å². The number of thioether (sulfide) groups is 1. The number of primary amides is 1. The number of amides is 3. The summed E-state index contributed by atoms with van der Waals surface area (Å²) in [5.41, 5.74) is 10.1. The van der Waals surface area contributed by atoms with E-state index in [0.717, 1.165) is 11.1 Å². The van der Waals surface area contributed by atoms with E-state index in [4.69, 9.17) is 10.7 Å². The quantitative estimate of drug-likeness (QED) is 0.424. The number of aromatic nitrogens is 4. The van der Waals surface area contributed by atoms with Gasteiger partial charge in [-0.3, -0.25) is 19.6 Å². The van der Waals surface area contributed by atoms with Gasteiger partial charge in [-0.1, -0.05) is 18.3 Å². The minimum absolute atomic E-state index is 0.0590. The number of anilines is 1. The summed E-state index contributed by atoms with van der Waals surface area (Å²) in [4.78, 5) is 46.4. The van der Waals surface area contributed by atoms with Gasteiger partial charge in [0.15, 0.2) is 5.16 Å². The topological polar surface area (TPSA) is 130 Å². The molecule has 34 heavy (non-hydrogen) atoms. The van der Waals surface area contributed by atoms with E-state index in [0.29, 0.717) is 59.2 Å². The van der Waals surface area contributed by atoms with Crippen molar-refractivity contribution in [3.63, 3.8) is 0 Å². The van der Waals surface area contributed by atoms with Crippen LogP contribution in [0.15, 0.2) is 42.5 Å². The van der Waals surface area contributed by atoms with Gasteiger partial charge in [0.05, 0.1) is 23.4 Å². The smallest absolute Gasteiger partial charge is 0.326 e. The summed E-state index contributed by atoms with van der Waals surface area (Å²) in [5.74, 6) is -0.348. The van der Waals surface area contributed by atoms with E-state index in [1.165, 1.54) is 11.8 Å². The molecule has 3 N–H and O–H groups in total. The molecule has 0 atom stereocenters. The molecule has 2 aliphatic heterocycles. The van der Waals surface area contributed by atoms with Crippen LogP contribution in [0.25, 0.3) is 28.0 Å². The van der Waals surface area contributed by atoms with Gasteiger partial charge in [-0.05, 0) is 31.2 Å². The fraction of sp³-hybridized carbons (Fsp3) is 0.304. The zero-order valence-electron chi connectivity index (χ0n) is 18.7. The number of fused-ring (bicyclic) bond motifs is 3. The molecule has 0 unspecified atom stereocenters. The molecule has 0 radical (unpaired) electrons. The number of nitrogens with one attached hydrogen (secondary N) is 1. The Labute approximate surface area is 200 Å². The van der Waals surface area contributed by atoms with Crippen LogP contribution in [0.3, 0.4) is 0 Å². The molecule has 11 heteroatoms. The highest BCUT2D eigenvalue weighted by molar-refractivity contribution is 7.98. The maximum atomic E-state index is 13.2. The van der Waals surface area contributed by atoms with Crippen molar-refractivity contribution >= 4 is 46.1 Å². The Morgan fingerprint density at radius 3 is 2.62 bits per heavy atom. The molecule has 174 valence electrons. The highest BCUT2D eigenvalue weighted by Gasteiger charge is 2.36. The average Bonchev–Trinajstić information content (AvgIpc) is 2.84. The molecule has 5 rings (SSSR count). The molecule has 3 amide bonds. The SMILES string of the molecule is C=C1NC(=O)N(C2CCN(CC(N)=O)CC2)c2c1cnc1ccc(-c3cnc(SC)nc3)nc21. The minimum Gasteiger partial charge on any atom is -0.369 e. The van der Waals surface area contributed by atoms with Gasteiger partial charge >= 0.3 is 6.03 Å². The number of carbonyl (C=O) groups is 2. The van der Waals surface area contributed by atoms with Crippen LogP contribution in [0.1, 0.15) is 18.4 Å². The molecular weight excluding hydrogens is 452 g/mol. The molecule has 3 aromatic rings. The lowest BCUT2D eigenvalue weighted by Gasteiger charge is -2.41. The van der Waals surface area contributed by atoms with Gasteiger partial charge < -0.3 is 11.1 Å². The van der Waals surface area contributed by atoms with Crippen LogP contribution in [0.2, 0.25) is 0 Å². The zero-order valence-corrected chi connectivity index (χ0v) is 19.5. The van der Waals surface area contributed by atoms with E-state index in [2.05, 4.69) is 26.8 Å². The first-order chi connectivity index (χ1) is 16.4. The Kier molecular flexibility index (Phi) is 5.88. The number of pyridine rings is 2. The van der Waals surface area contributed by atoms with Gasteiger partial charge in [0, 0.05) is 54.5 Å². The first kappa shape index (κ1) is 22.2. The molecule has 0 saturated carbocycles. The number of nitrogens with zero attached hydrogens (tertiary/aromatic N) is 6. The third kappa shape index (κ3) is 4.08. The highest BCUT2D eigenvalue weighted by Crippen LogP contribution is 2.38. The van der Waals surface area contributed by atoms with Crippen LogP contribution in [-0.4, -0.2) is 68.7 Å². The zero-order chi connectivity index (χ0) is 23.8. The standard InChI is InChI=1S/C23H24N8O2S/c1-13-16-11-25-18-4-3-17(14-9-26-22(34-2)27-10-14)29-20(18)21(16)31(23(33)28-13)15-5-7-30(8-6-15)12-19(24)32/h3-4,9-11,15H,1,5-8,12H2,2H3,(H2,24,32)(H,28,33). The molecular formula is C23H24N8O2S. The lowest BCUT2D eigenvalue weighted by molar-refractivity contribution is -0.119. The van der Waals surface area contributed by atoms with E-state index in [1.54, 1.807) is 23.5 Å². The van der Waals surface area contributed by atoms with Gasteiger partial charge in [0.2, 0.25) is 5.91 Å². The maximum absolute atomic E-state index is 13.2. The van der Waals surface area contributed by atoms with Crippen LogP contribution in [0, 0.1) is 0 Å². The van der Waals surface area contributed by atoms with E-state index in [9.17, 15) is 9.59 Å². The Bertz CT molecular complexity index is 1290. The second-order valence-electron chi connectivity index (χ2n) is 8.30. The van der Waals surface area contributed by atoms with Gasteiger partial charge in [-0.15, -0.1) is 0 Å². The van der Waals surface area contributed by atoms with E-state index >= 15 is 0 Å². The Morgan fingerprint density at radius 1 is 1.21 bits per heavy atom. The lowest BCUT2D eigenvalue weighted by Crippen LogP contribution is -2.53. The van der Waals surface area contributed by atoms with Gasteiger partial charge in [0.1, 0.15) is 5.52 Å². The van der Waals surface area contributed by atoms with E-state index in [-0.39, 0.29) is 24.5 Å². The number of piperidine rings is 1. The van der Waals surface area contributed by atoms with Crippen molar-refractivity contribution in [2.45, 2.75) is 24.0 Å². The van der Waals surface area contributed by atoms with E-state index in [1.807, 2.05) is 23.3 Å². The van der Waals surface area contributed by atoms with Crippen molar-refractivity contribution in [3.05, 3.63) is 42.9 Å². The number of urea groups is 1. The van der Waals surface area contributed by atoms with Crippen molar-refractivity contribution in [1.82, 2.24) is 30.2 Å². The van der Waals surface area contributed by atoms with Crippen LogP contribution in [0.4, 0.5) is 10.5 Å². The van der Waals surface area contributed by atoms with Crippen LogP contribution in [-0.2, 0) is 4.79 Å². The molecule has 10 nitrogen and oxygen atoms in total. The Hall–Kier alpha value is -3.57. The van der Waals surface area contributed by atoms with Crippen LogP contribution in [0.5, 0.6) is 0 Å². The Balaban J connectivity index is 1.56. The summed E-state index contributed by atoms with van der Waals surface area (Å²) >= 11 is 1.47. The summed E-state index contributed by atoms with van der Waals surface area (Å²) in [6.45, 7) is 5.60. The predicted octanol–water partition coefficient (Wildman–Crippen LogP) is 2.26. The second-order valence-corrected chi connectivity index (χ2v) is 9.07. The summed E-state index contributed by atoms with van der Waals surface area (Å²) in [6, 6.07) is 3.47. The molecule has 0 aromatic carbocycles. The monoisotopic (exact) mass is 476 g/mol. The Morgan fingerprint density at radius 2 is 1.94 bits per heavy atom. The molecule has 0 bridgehead atoms. The number of nitrogens with two attached hydrogens (primary N) is 1. The normalized spacial score (nSPS) is 17.0. The second kappa shape index (κ2) is 8.99. The molecule has 3 aromatic heterocycles. The fourth-order valence-electron chi connectivity index (χ4n) is 4.49. The summed E-state index contributed by atoms with van der Waals surface area (Å²) < 4.78 is 0. The average molecular weight is 477 g/mol. The summed E-state index contributed by atoms with van der Waals surface area (Å²) in [5, 5.41) is 3.55. The third-order valence-corrected chi connectivity index (χ3v) is 6.71. The number of hydrogen-bond donors (Lipinski definition) is 2. The number of hydrogen-bond acceptors (Lipinski definition) is 8. The first-order valence-electron chi connectivity index (χ1n) is 10.9. The van der Waals surface area contributed by atoms with Crippen molar-refractivity contribution in [1.29, 1.82) is 0 Å². The predicted molar refractivity (Wildman–Crippen MR) is 131 cm³/mol. The highest BCUT2D eigenvalue weighted by atomic mass is 32.2. The molecule has 0 spiro atoms. The van der Waals surface area contributed by atoms with Gasteiger partial charge in [-0.25, -0.2) is 19.7 Å². The van der Waals surface area contributed by atoms with E-state index < -0.39 is 0 Å². The molecule has 1 fully saturated rings. The fourth-order valence-corrected chi connectivity index (χ4v) is 4.81. The van der Waals surface area contributed by atoms with Crippen molar-refractivity contribution in [2.24, 2.45) is 5.73 Å². The molecule has 1 saturated heterocycles. The number of likely N-dealkylation sites (tertiary alicyclic amines) is 1. The number of rotatable bonds is 5. The molecule has 2 aliphatic rings. The van der Waals surface area contributed by atoms with Crippen molar-refractivity contribution in [3.8, 4) is 11.3 Å². The maximum Gasteiger partial charge on any atom is 0.326 e. The van der Waals surface area contributed by atoms with Gasteiger partial charge in [-0.2, -0.15) is 0 Å². The van der Waals surface area contributed by atoms with Crippen molar-refractivity contribution < 1.29 is 9.59 Å². The van der Waals surface area contributed by atoms with Crippen molar-refractivity contribution in [2.75, 3.05) is 30.8 Å². The van der Waals surface area contributed by atoms with Gasteiger partial charge in [0.25, 0.3) is 0 Å². The summed E-state index contributed by atoms with van der Waals surface area (Å²) in [6.07, 6.45) is 8.56. The first-order valence-corrected chi connectivity index (χ1v) is 12.1. The summed E-state index contributed by atoms with van der Waals surface area (Å²) in [7, 11) is 0. The molecule has 0 aliphatic carbocycles. The lowest BCUT2D eigenvalue weighted by atomic mass is 9.99. The third-order valence-electron chi connectivity index (χ3n) is 6.14.